The van der Waals surface area contributed by atoms with Gasteiger partial charge in [0.05, 0.1) is 0 Å². The number of rotatable bonds is 12. The van der Waals surface area contributed by atoms with Gasteiger partial charge in [-0.05, 0) is 29.6 Å². The first-order chi connectivity index (χ1) is 11.2. The van der Waals surface area contributed by atoms with Crippen molar-refractivity contribution in [2.75, 3.05) is 0 Å². The zero-order valence-electron chi connectivity index (χ0n) is 20.0. The Balaban J connectivity index is 6.23. The van der Waals surface area contributed by atoms with Gasteiger partial charge in [-0.2, -0.15) is 0 Å². The average molecular weight is 367 g/mol. The molecule has 0 saturated carbocycles. The lowest BCUT2D eigenvalue weighted by Gasteiger charge is -2.54. The highest BCUT2D eigenvalue weighted by atomic mass is 27.2. The van der Waals surface area contributed by atoms with Crippen LogP contribution in [-0.2, 0) is 0 Å². The smallest absolute Gasteiger partial charge is 0.0912 e. The van der Waals surface area contributed by atoms with Crippen LogP contribution in [0.1, 0.15) is 102 Å². The van der Waals surface area contributed by atoms with E-state index in [1.165, 1.54) is 29.8 Å². The van der Waals surface area contributed by atoms with Crippen LogP contribution in [-0.4, -0.2) is 14.1 Å². The Morgan fingerprint density at radius 3 is 1.08 bits per heavy atom. The fourth-order valence-corrected chi connectivity index (χ4v) is 12.1. The molecule has 0 spiro atoms. The summed E-state index contributed by atoms with van der Waals surface area (Å²) >= 11 is -0.896. The van der Waals surface area contributed by atoms with Crippen molar-refractivity contribution >= 4 is 14.1 Å². The summed E-state index contributed by atoms with van der Waals surface area (Å²) in [5, 5.41) is 3.05. The average Bonchev–Trinajstić information content (AvgIpc) is 2.32. The van der Waals surface area contributed by atoms with Crippen LogP contribution >= 0.6 is 0 Å². The van der Waals surface area contributed by atoms with Crippen molar-refractivity contribution in [1.82, 2.24) is 0 Å². The molecule has 0 aromatic heterocycles. The Labute approximate surface area is 166 Å². The van der Waals surface area contributed by atoms with E-state index in [-0.39, 0.29) is 0 Å². The minimum atomic E-state index is -0.896. The zero-order chi connectivity index (χ0) is 20.0. The van der Waals surface area contributed by atoms with Crippen LogP contribution in [0.25, 0.3) is 0 Å². The molecule has 0 nitrogen and oxygen atoms in total. The van der Waals surface area contributed by atoms with E-state index in [2.05, 4.69) is 83.1 Å². The summed E-state index contributed by atoms with van der Waals surface area (Å²) in [7, 11) is 0. The molecule has 0 atom stereocenters. The molecule has 150 valence electrons. The molecule has 0 saturated heterocycles. The maximum Gasteiger partial charge on any atom is 0.271 e. The van der Waals surface area contributed by atoms with Gasteiger partial charge in [0.2, 0.25) is 0 Å². The highest BCUT2D eigenvalue weighted by molar-refractivity contribution is 6.62. The third-order valence-electron chi connectivity index (χ3n) is 6.10. The lowest BCUT2D eigenvalue weighted by molar-refractivity contribution is 0.133. The molecule has 0 aliphatic carbocycles. The molecule has 0 N–H and O–H groups in total. The monoisotopic (exact) mass is 366 g/mol. The van der Waals surface area contributed by atoms with Crippen molar-refractivity contribution in [3.63, 3.8) is 0 Å². The van der Waals surface area contributed by atoms with Crippen LogP contribution < -0.4 is 0 Å². The quantitative estimate of drug-likeness (QED) is 0.303. The van der Waals surface area contributed by atoms with Crippen molar-refractivity contribution in [3.05, 3.63) is 0 Å². The van der Waals surface area contributed by atoms with Gasteiger partial charge in [-0.1, -0.05) is 123 Å². The SMILES string of the molecule is CC(C)[CH2][Al]([CH2]C(C)C)[C](CC(C)C)(CC(C)C)C(C)(C)CC(C)C. The molecule has 0 fully saturated rings. The molecular formula is C24H51Al. The lowest BCUT2D eigenvalue weighted by Crippen LogP contribution is -2.47. The molecule has 0 unspecified atom stereocenters. The Kier molecular flexibility index (Phi) is 11.0. The molecule has 0 heterocycles. The van der Waals surface area contributed by atoms with Gasteiger partial charge in [0.25, 0.3) is 14.1 Å². The Morgan fingerprint density at radius 2 is 0.840 bits per heavy atom. The molecule has 0 aromatic carbocycles. The Bertz CT molecular complexity index is 329. The number of hydrogen-bond acceptors (Lipinski definition) is 0. The highest BCUT2D eigenvalue weighted by Gasteiger charge is 2.52. The van der Waals surface area contributed by atoms with Crippen molar-refractivity contribution in [2.45, 2.75) is 117 Å². The zero-order valence-corrected chi connectivity index (χ0v) is 21.2. The first-order valence-corrected chi connectivity index (χ1v) is 13.4. The first kappa shape index (κ1) is 25.5. The lowest BCUT2D eigenvalue weighted by atomic mass is 9.66. The Morgan fingerprint density at radius 1 is 0.520 bits per heavy atom. The van der Waals surface area contributed by atoms with E-state index in [1.807, 2.05) is 0 Å². The number of hydrogen-bond donors (Lipinski definition) is 0. The van der Waals surface area contributed by atoms with Crippen molar-refractivity contribution in [3.8, 4) is 0 Å². The normalized spacial score (nSPS) is 13.8. The van der Waals surface area contributed by atoms with Crippen molar-refractivity contribution < 1.29 is 0 Å². The minimum absolute atomic E-state index is 0.455. The maximum atomic E-state index is 2.64. The summed E-state index contributed by atoms with van der Waals surface area (Å²) < 4.78 is 0.591. The van der Waals surface area contributed by atoms with Gasteiger partial charge in [-0.25, -0.2) is 0 Å². The third-order valence-corrected chi connectivity index (χ3v) is 11.9. The van der Waals surface area contributed by atoms with Gasteiger partial charge in [-0.3, -0.25) is 0 Å². The first-order valence-electron chi connectivity index (χ1n) is 11.2. The van der Waals surface area contributed by atoms with E-state index in [4.69, 9.17) is 0 Å². The van der Waals surface area contributed by atoms with E-state index in [0.717, 1.165) is 29.6 Å². The van der Waals surface area contributed by atoms with E-state index in [1.54, 1.807) is 0 Å². The van der Waals surface area contributed by atoms with Crippen LogP contribution in [0.5, 0.6) is 0 Å². The second kappa shape index (κ2) is 10.8. The summed E-state index contributed by atoms with van der Waals surface area (Å²) in [6.07, 6.45) is 4.27. The molecule has 0 bridgehead atoms. The van der Waals surface area contributed by atoms with Gasteiger partial charge in [0.1, 0.15) is 0 Å². The fourth-order valence-electron chi connectivity index (χ4n) is 5.89. The second-order valence-electron chi connectivity index (χ2n) is 11.8. The van der Waals surface area contributed by atoms with Gasteiger partial charge < -0.3 is 0 Å². The molecule has 0 rings (SSSR count). The van der Waals surface area contributed by atoms with Crippen LogP contribution in [0.15, 0.2) is 0 Å². The van der Waals surface area contributed by atoms with E-state index >= 15 is 0 Å². The summed E-state index contributed by atoms with van der Waals surface area (Å²) in [5.74, 6) is 4.11. The molecule has 0 aliphatic heterocycles. The van der Waals surface area contributed by atoms with Crippen molar-refractivity contribution in [2.24, 2.45) is 35.0 Å². The van der Waals surface area contributed by atoms with Gasteiger partial charge >= 0.3 is 0 Å². The summed E-state index contributed by atoms with van der Waals surface area (Å²) in [6, 6.07) is 0. The molecule has 0 radical (unpaired) electrons. The Hall–Kier alpha value is 0.532. The summed E-state index contributed by atoms with van der Waals surface area (Å²) in [4.78, 5) is 0. The van der Waals surface area contributed by atoms with Gasteiger partial charge in [0.15, 0.2) is 0 Å². The minimum Gasteiger partial charge on any atom is -0.0912 e. The predicted octanol–water partition coefficient (Wildman–Crippen LogP) is 8.70. The molecule has 25 heavy (non-hydrogen) atoms. The molecule has 0 aliphatic rings. The van der Waals surface area contributed by atoms with Crippen LogP contribution in [0.4, 0.5) is 0 Å². The summed E-state index contributed by atoms with van der Waals surface area (Å²) in [5.41, 5.74) is 0.455. The van der Waals surface area contributed by atoms with Gasteiger partial charge in [0, 0.05) is 0 Å². The van der Waals surface area contributed by atoms with Crippen LogP contribution in [0.3, 0.4) is 0 Å². The third kappa shape index (κ3) is 8.39. The van der Waals surface area contributed by atoms with Crippen LogP contribution in [0.2, 0.25) is 14.8 Å². The molecule has 1 heteroatoms. The fraction of sp³-hybridized carbons (Fsp3) is 1.00. The summed E-state index contributed by atoms with van der Waals surface area (Å²) in [6.45, 7) is 29.9. The largest absolute Gasteiger partial charge is 0.271 e. The highest BCUT2D eigenvalue weighted by Crippen LogP contribution is 2.61. The standard InChI is InChI=1S/C16H33.2C4H9.Al/c1-12(2)9-15(10-13(3)4)16(7,8)11-14(5)6;2*1-4(2)3;/h12-14H,9-11H2,1-8H3;2*4H,1H2,2-3H3;. The topological polar surface area (TPSA) is 0 Å². The second-order valence-corrected chi connectivity index (χ2v) is 15.2. The van der Waals surface area contributed by atoms with E-state index < -0.39 is 14.1 Å². The van der Waals surface area contributed by atoms with Crippen LogP contribution in [0, 0.1) is 35.0 Å². The van der Waals surface area contributed by atoms with Crippen molar-refractivity contribution in [1.29, 1.82) is 0 Å². The predicted molar refractivity (Wildman–Crippen MR) is 120 cm³/mol. The molecule has 0 amide bonds. The maximum absolute atomic E-state index is 2.64. The van der Waals surface area contributed by atoms with E-state index in [9.17, 15) is 0 Å². The molecule has 0 aromatic rings. The van der Waals surface area contributed by atoms with E-state index in [0.29, 0.717) is 9.69 Å². The van der Waals surface area contributed by atoms with Gasteiger partial charge in [-0.15, -0.1) is 0 Å². The molecular weight excluding hydrogens is 315 g/mol.